The lowest BCUT2D eigenvalue weighted by Gasteiger charge is -2.22. The molecule has 0 spiro atoms. The van der Waals surface area contributed by atoms with E-state index in [9.17, 15) is 14.9 Å². The van der Waals surface area contributed by atoms with Gasteiger partial charge in [-0.05, 0) is 68.3 Å². The summed E-state index contributed by atoms with van der Waals surface area (Å²) in [6.45, 7) is 3.77. The Bertz CT molecular complexity index is 1070. The van der Waals surface area contributed by atoms with Crippen molar-refractivity contribution in [2.45, 2.75) is 51.4 Å². The van der Waals surface area contributed by atoms with Gasteiger partial charge in [0.2, 0.25) is 11.8 Å². The summed E-state index contributed by atoms with van der Waals surface area (Å²) in [7, 11) is 1.65. The van der Waals surface area contributed by atoms with Gasteiger partial charge in [0.05, 0.1) is 12.7 Å². The normalized spacial score (nSPS) is 16.2. The summed E-state index contributed by atoms with van der Waals surface area (Å²) in [5.41, 5.74) is 2.94. The number of carbonyl (C=O) groups excluding carboxylic acids is 2. The highest BCUT2D eigenvalue weighted by Crippen LogP contribution is 2.37. The van der Waals surface area contributed by atoms with E-state index in [4.69, 9.17) is 4.74 Å². The summed E-state index contributed by atoms with van der Waals surface area (Å²) in [4.78, 5) is 30.9. The van der Waals surface area contributed by atoms with Gasteiger partial charge in [-0.2, -0.15) is 5.26 Å². The van der Waals surface area contributed by atoms with Crippen molar-refractivity contribution in [2.75, 3.05) is 45.2 Å². The van der Waals surface area contributed by atoms with Crippen LogP contribution in [-0.2, 0) is 28.9 Å². The molecule has 1 N–H and O–H groups in total. The largest absolute Gasteiger partial charge is 0.497 e. The second kappa shape index (κ2) is 12.2. The van der Waals surface area contributed by atoms with E-state index >= 15 is 0 Å². The number of nitrogens with zero attached hydrogens (tertiary/aromatic N) is 3. The number of ether oxygens (including phenoxy) is 1. The summed E-state index contributed by atoms with van der Waals surface area (Å²) in [6.07, 6.45) is 6.73. The molecule has 1 aliphatic heterocycles. The topological polar surface area (TPSA) is 85.7 Å². The zero-order valence-electron chi connectivity index (χ0n) is 20.5. The van der Waals surface area contributed by atoms with Crippen molar-refractivity contribution >= 4 is 28.2 Å². The number of fused-ring (bicyclic) bond motifs is 1. The Labute approximate surface area is 211 Å². The van der Waals surface area contributed by atoms with Gasteiger partial charge in [-0.15, -0.1) is 11.3 Å². The van der Waals surface area contributed by atoms with Crippen LogP contribution in [0.2, 0.25) is 0 Å². The zero-order valence-corrected chi connectivity index (χ0v) is 21.3. The highest BCUT2D eigenvalue weighted by molar-refractivity contribution is 7.16. The van der Waals surface area contributed by atoms with Crippen LogP contribution >= 0.6 is 11.3 Å². The maximum Gasteiger partial charge on any atom is 0.226 e. The molecule has 1 aliphatic carbocycles. The Kier molecular flexibility index (Phi) is 8.78. The van der Waals surface area contributed by atoms with Crippen LogP contribution in [-0.4, -0.2) is 61.4 Å². The van der Waals surface area contributed by atoms with Crippen molar-refractivity contribution < 1.29 is 14.3 Å². The number of hydrogen-bond donors (Lipinski definition) is 1. The molecule has 7 nitrogen and oxygen atoms in total. The molecule has 1 aromatic carbocycles. The number of nitrogens with one attached hydrogen (secondary N) is 1. The van der Waals surface area contributed by atoms with Gasteiger partial charge in [0, 0.05) is 43.9 Å². The van der Waals surface area contributed by atoms with Crippen LogP contribution in [0.4, 0.5) is 5.00 Å². The Morgan fingerprint density at radius 1 is 1.06 bits per heavy atom. The summed E-state index contributed by atoms with van der Waals surface area (Å²) >= 11 is 1.57. The Hall–Kier alpha value is -2.89. The molecule has 0 radical (unpaired) electrons. The first-order valence-corrected chi connectivity index (χ1v) is 13.4. The second-order valence-corrected chi connectivity index (χ2v) is 10.4. The van der Waals surface area contributed by atoms with Gasteiger partial charge in [0.25, 0.3) is 0 Å². The number of anilines is 1. The first-order valence-electron chi connectivity index (χ1n) is 12.5. The van der Waals surface area contributed by atoms with Gasteiger partial charge in [0.15, 0.2) is 0 Å². The molecule has 1 aromatic heterocycles. The van der Waals surface area contributed by atoms with E-state index in [-0.39, 0.29) is 11.8 Å². The van der Waals surface area contributed by atoms with E-state index in [2.05, 4.69) is 16.3 Å². The molecular formula is C27H34N4O3S. The Morgan fingerprint density at radius 3 is 2.63 bits per heavy atom. The molecule has 2 aliphatic rings. The molecule has 0 unspecified atom stereocenters. The fourth-order valence-electron chi connectivity index (χ4n) is 4.87. The van der Waals surface area contributed by atoms with Crippen LogP contribution in [0.5, 0.6) is 5.75 Å². The number of carbonyl (C=O) groups is 2. The minimum absolute atomic E-state index is 0.0447. The molecule has 0 atom stereocenters. The smallest absolute Gasteiger partial charge is 0.226 e. The average molecular weight is 495 g/mol. The molecule has 0 saturated carbocycles. The Morgan fingerprint density at radius 2 is 1.86 bits per heavy atom. The number of nitriles is 1. The van der Waals surface area contributed by atoms with Crippen LogP contribution < -0.4 is 10.1 Å². The lowest BCUT2D eigenvalue weighted by Crippen LogP contribution is -2.36. The molecule has 0 bridgehead atoms. The van der Waals surface area contributed by atoms with Crippen LogP contribution in [0.1, 0.15) is 53.7 Å². The average Bonchev–Trinajstić information content (AvgIpc) is 3.05. The van der Waals surface area contributed by atoms with E-state index in [1.165, 1.54) is 4.88 Å². The molecule has 35 heavy (non-hydrogen) atoms. The van der Waals surface area contributed by atoms with E-state index in [0.29, 0.717) is 36.5 Å². The quantitative estimate of drug-likeness (QED) is 0.600. The van der Waals surface area contributed by atoms with E-state index in [1.54, 1.807) is 18.4 Å². The summed E-state index contributed by atoms with van der Waals surface area (Å²) < 4.78 is 5.19. The van der Waals surface area contributed by atoms with Gasteiger partial charge in [-0.25, -0.2) is 0 Å². The summed E-state index contributed by atoms with van der Waals surface area (Å²) in [5.74, 6) is 0.962. The fourth-order valence-corrected chi connectivity index (χ4v) is 6.12. The lowest BCUT2D eigenvalue weighted by atomic mass is 9.96. The number of thiophene rings is 1. The second-order valence-electron chi connectivity index (χ2n) is 9.25. The van der Waals surface area contributed by atoms with Gasteiger partial charge < -0.3 is 19.9 Å². The van der Waals surface area contributed by atoms with Crippen molar-refractivity contribution in [3.63, 3.8) is 0 Å². The van der Waals surface area contributed by atoms with Crippen molar-refractivity contribution in [2.24, 2.45) is 0 Å². The number of amides is 2. The van der Waals surface area contributed by atoms with Crippen molar-refractivity contribution in [1.82, 2.24) is 9.80 Å². The minimum atomic E-state index is -0.0447. The zero-order chi connectivity index (χ0) is 24.6. The molecule has 2 aromatic rings. The van der Waals surface area contributed by atoms with Crippen LogP contribution in [0, 0.1) is 11.3 Å². The highest BCUT2D eigenvalue weighted by atomic mass is 32.1. The summed E-state index contributed by atoms with van der Waals surface area (Å²) in [5, 5.41) is 13.3. The summed E-state index contributed by atoms with van der Waals surface area (Å²) in [6, 6.07) is 10.2. The highest BCUT2D eigenvalue weighted by Gasteiger charge is 2.23. The number of rotatable bonds is 8. The van der Waals surface area contributed by atoms with Crippen molar-refractivity contribution in [3.05, 3.63) is 45.8 Å². The molecule has 4 rings (SSSR count). The van der Waals surface area contributed by atoms with E-state index in [1.807, 2.05) is 29.2 Å². The SMILES string of the molecule is COc1ccc(CCC(=O)N2CCCN(CCC(=O)Nc3sc4c(c3C#N)CCCC4)CC2)cc1. The number of benzene rings is 1. The molecule has 1 fully saturated rings. The Balaban J connectivity index is 1.21. The monoisotopic (exact) mass is 494 g/mol. The minimum Gasteiger partial charge on any atom is -0.497 e. The number of hydrogen-bond acceptors (Lipinski definition) is 6. The fraction of sp³-hybridized carbons (Fsp3) is 0.519. The van der Waals surface area contributed by atoms with Gasteiger partial charge in [-0.1, -0.05) is 12.1 Å². The molecule has 8 heteroatoms. The third-order valence-corrected chi connectivity index (χ3v) is 8.13. The standard InChI is InChI=1S/C27H34N4O3S/c1-34-21-10-7-20(8-11-21)9-12-26(33)31-15-4-14-30(17-18-31)16-13-25(32)29-27-23(19-28)22-5-2-3-6-24(22)35-27/h7-8,10-11H,2-6,9,12-18H2,1H3,(H,29,32). The van der Waals surface area contributed by atoms with Crippen molar-refractivity contribution in [3.8, 4) is 11.8 Å². The lowest BCUT2D eigenvalue weighted by molar-refractivity contribution is -0.131. The first-order chi connectivity index (χ1) is 17.1. The first kappa shape index (κ1) is 25.2. The number of methoxy groups -OCH3 is 1. The molecular weight excluding hydrogens is 460 g/mol. The third-order valence-electron chi connectivity index (χ3n) is 6.92. The maximum absolute atomic E-state index is 12.8. The third kappa shape index (κ3) is 6.62. The van der Waals surface area contributed by atoms with Gasteiger partial charge in [-0.3, -0.25) is 9.59 Å². The molecule has 186 valence electrons. The van der Waals surface area contributed by atoms with Crippen LogP contribution in [0.25, 0.3) is 0 Å². The van der Waals surface area contributed by atoms with Gasteiger partial charge >= 0.3 is 0 Å². The molecule has 2 heterocycles. The predicted octanol–water partition coefficient (Wildman–Crippen LogP) is 4.00. The maximum atomic E-state index is 12.8. The molecule has 1 saturated heterocycles. The predicted molar refractivity (Wildman–Crippen MR) is 138 cm³/mol. The van der Waals surface area contributed by atoms with E-state index in [0.717, 1.165) is 75.0 Å². The number of aryl methyl sites for hydroxylation is 2. The van der Waals surface area contributed by atoms with Crippen molar-refractivity contribution in [1.29, 1.82) is 5.26 Å². The van der Waals surface area contributed by atoms with E-state index < -0.39 is 0 Å². The van der Waals surface area contributed by atoms with Gasteiger partial charge in [0.1, 0.15) is 16.8 Å². The molecule has 2 amide bonds. The van der Waals surface area contributed by atoms with Crippen LogP contribution in [0.15, 0.2) is 24.3 Å². The van der Waals surface area contributed by atoms with Crippen LogP contribution in [0.3, 0.4) is 0 Å².